The summed E-state index contributed by atoms with van der Waals surface area (Å²) in [5.41, 5.74) is 0.667. The van der Waals surface area contributed by atoms with Gasteiger partial charge in [0, 0.05) is 16.1 Å². The molecule has 6 heteroatoms. The number of fused-ring (bicyclic) bond motifs is 1. The Balaban J connectivity index is 2.62. The average molecular weight is 300 g/mol. The fourth-order valence-corrected chi connectivity index (χ4v) is 2.10. The number of nitrogens with zero attached hydrogens (tertiary/aromatic N) is 1. The second-order valence-corrected chi connectivity index (χ2v) is 4.43. The number of hydrogen-bond donors (Lipinski definition) is 0. The van der Waals surface area contributed by atoms with E-state index in [1.165, 1.54) is 13.2 Å². The van der Waals surface area contributed by atoms with Crippen molar-refractivity contribution < 1.29 is 14.4 Å². The van der Waals surface area contributed by atoms with Gasteiger partial charge in [-0.2, -0.15) is 0 Å². The van der Waals surface area contributed by atoms with Crippen LogP contribution in [0, 0.1) is 10.1 Å². The van der Waals surface area contributed by atoms with Crippen LogP contribution in [0.4, 0.5) is 0 Å². The largest absolute Gasteiger partial charge is 0.493 e. The molecule has 1 unspecified atom stereocenters. The van der Waals surface area contributed by atoms with Gasteiger partial charge in [-0.05, 0) is 19.1 Å². The van der Waals surface area contributed by atoms with Crippen LogP contribution in [0.15, 0.2) is 22.3 Å². The van der Waals surface area contributed by atoms with Crippen LogP contribution in [-0.4, -0.2) is 18.1 Å². The molecule has 0 bridgehead atoms. The molecule has 1 aliphatic rings. The summed E-state index contributed by atoms with van der Waals surface area (Å²) in [6.07, 6.45) is 0.913. The first-order valence-electron chi connectivity index (χ1n) is 4.93. The molecule has 1 heterocycles. The summed E-state index contributed by atoms with van der Waals surface area (Å²) in [6.45, 7) is 1.64. The molecule has 2 rings (SSSR count). The van der Waals surface area contributed by atoms with Crippen LogP contribution in [0.1, 0.15) is 12.5 Å². The summed E-state index contributed by atoms with van der Waals surface area (Å²) in [4.78, 5) is 10.4. The van der Waals surface area contributed by atoms with E-state index in [0.717, 1.165) is 4.47 Å². The second kappa shape index (κ2) is 4.37. The van der Waals surface area contributed by atoms with Gasteiger partial charge in [-0.15, -0.1) is 0 Å². The Hall–Kier alpha value is -1.56. The number of methoxy groups -OCH3 is 1. The molecule has 0 saturated heterocycles. The van der Waals surface area contributed by atoms with Crippen LogP contribution in [-0.2, 0) is 0 Å². The maximum absolute atomic E-state index is 10.9. The van der Waals surface area contributed by atoms with E-state index >= 15 is 0 Å². The highest BCUT2D eigenvalue weighted by Crippen LogP contribution is 2.41. The number of rotatable bonds is 2. The van der Waals surface area contributed by atoms with Crippen LogP contribution in [0.25, 0.3) is 6.08 Å². The molecule has 0 amide bonds. The molecular formula is C11H10BrNO4. The monoisotopic (exact) mass is 299 g/mol. The van der Waals surface area contributed by atoms with Gasteiger partial charge in [-0.3, -0.25) is 10.1 Å². The Morgan fingerprint density at radius 1 is 1.53 bits per heavy atom. The Bertz CT molecular complexity index is 512. The van der Waals surface area contributed by atoms with Gasteiger partial charge in [0.25, 0.3) is 5.70 Å². The lowest BCUT2D eigenvalue weighted by molar-refractivity contribution is -0.433. The molecule has 17 heavy (non-hydrogen) atoms. The van der Waals surface area contributed by atoms with E-state index in [0.29, 0.717) is 17.1 Å². The third kappa shape index (κ3) is 2.00. The smallest absolute Gasteiger partial charge is 0.286 e. The number of benzene rings is 1. The van der Waals surface area contributed by atoms with Gasteiger partial charge in [-0.25, -0.2) is 0 Å². The third-order valence-electron chi connectivity index (χ3n) is 2.54. The van der Waals surface area contributed by atoms with Gasteiger partial charge in [0.05, 0.1) is 12.0 Å². The maximum Gasteiger partial charge on any atom is 0.286 e. The van der Waals surface area contributed by atoms with Crippen molar-refractivity contribution in [1.82, 2.24) is 0 Å². The lowest BCUT2D eigenvalue weighted by Crippen LogP contribution is -2.24. The van der Waals surface area contributed by atoms with Crippen LogP contribution in [0.2, 0.25) is 0 Å². The highest BCUT2D eigenvalue weighted by atomic mass is 79.9. The highest BCUT2D eigenvalue weighted by Gasteiger charge is 2.30. The molecule has 1 aromatic rings. The molecule has 1 atom stereocenters. The normalized spacial score (nSPS) is 17.8. The molecule has 1 aliphatic heterocycles. The van der Waals surface area contributed by atoms with Crippen LogP contribution in [0.5, 0.6) is 11.5 Å². The quantitative estimate of drug-likeness (QED) is 0.622. The van der Waals surface area contributed by atoms with Crippen molar-refractivity contribution in [1.29, 1.82) is 0 Å². The average Bonchev–Trinajstić information content (AvgIpc) is 2.28. The molecule has 0 spiro atoms. The Labute approximate surface area is 106 Å². The molecule has 0 radical (unpaired) electrons. The van der Waals surface area contributed by atoms with Gasteiger partial charge in [0.15, 0.2) is 17.6 Å². The molecular weight excluding hydrogens is 290 g/mol. The van der Waals surface area contributed by atoms with Crippen molar-refractivity contribution in [3.05, 3.63) is 38.0 Å². The van der Waals surface area contributed by atoms with E-state index in [1.807, 2.05) is 0 Å². The van der Waals surface area contributed by atoms with E-state index in [2.05, 4.69) is 15.9 Å². The van der Waals surface area contributed by atoms with Crippen molar-refractivity contribution >= 4 is 22.0 Å². The molecule has 5 nitrogen and oxygen atoms in total. The van der Waals surface area contributed by atoms with E-state index < -0.39 is 11.0 Å². The first-order chi connectivity index (χ1) is 8.04. The Morgan fingerprint density at radius 2 is 2.24 bits per heavy atom. The Morgan fingerprint density at radius 3 is 2.82 bits per heavy atom. The van der Waals surface area contributed by atoms with Gasteiger partial charge in [0.1, 0.15) is 0 Å². The van der Waals surface area contributed by atoms with Crippen molar-refractivity contribution in [2.75, 3.05) is 7.11 Å². The molecule has 0 fully saturated rings. The van der Waals surface area contributed by atoms with Crippen molar-refractivity contribution in [2.45, 2.75) is 13.0 Å². The van der Waals surface area contributed by atoms with Crippen LogP contribution in [0.3, 0.4) is 0 Å². The summed E-state index contributed by atoms with van der Waals surface area (Å²) in [5.74, 6) is 1.09. The van der Waals surface area contributed by atoms with Gasteiger partial charge in [0.2, 0.25) is 0 Å². The number of halogens is 1. The molecule has 1 aromatic carbocycles. The fourth-order valence-electron chi connectivity index (χ4n) is 1.68. The van der Waals surface area contributed by atoms with Gasteiger partial charge >= 0.3 is 0 Å². The van der Waals surface area contributed by atoms with Crippen molar-refractivity contribution in [3.8, 4) is 11.5 Å². The molecule has 0 saturated carbocycles. The van der Waals surface area contributed by atoms with Crippen molar-refractivity contribution in [2.24, 2.45) is 0 Å². The topological polar surface area (TPSA) is 61.6 Å². The van der Waals surface area contributed by atoms with Gasteiger partial charge in [-0.1, -0.05) is 15.9 Å². The molecule has 0 aliphatic carbocycles. The maximum atomic E-state index is 10.9. The standard InChI is InChI=1S/C11H10BrNO4/c1-6-9(13(14)15)5-7-8(12)3-4-10(16-2)11(7)17-6/h3-6H,1-2H3. The highest BCUT2D eigenvalue weighted by molar-refractivity contribution is 9.10. The van der Waals surface area contributed by atoms with Crippen LogP contribution < -0.4 is 9.47 Å². The SMILES string of the molecule is COc1ccc(Br)c2c1OC(C)C([N+](=O)[O-])=C2. The first kappa shape index (κ1) is 11.9. The predicted molar refractivity (Wildman–Crippen MR) is 65.8 cm³/mol. The zero-order valence-corrected chi connectivity index (χ0v) is 10.9. The zero-order valence-electron chi connectivity index (χ0n) is 9.27. The molecule has 0 N–H and O–H groups in total. The second-order valence-electron chi connectivity index (χ2n) is 3.58. The third-order valence-corrected chi connectivity index (χ3v) is 3.23. The minimum absolute atomic E-state index is 0.0338. The van der Waals surface area contributed by atoms with E-state index in [1.54, 1.807) is 19.1 Å². The number of hydrogen-bond acceptors (Lipinski definition) is 4. The summed E-state index contributed by atoms with van der Waals surface area (Å²) in [5, 5.41) is 10.9. The number of ether oxygens (including phenoxy) is 2. The first-order valence-corrected chi connectivity index (χ1v) is 5.73. The van der Waals surface area contributed by atoms with Gasteiger partial charge < -0.3 is 9.47 Å². The lowest BCUT2D eigenvalue weighted by atomic mass is 10.1. The lowest BCUT2D eigenvalue weighted by Gasteiger charge is -2.21. The number of nitro groups is 1. The summed E-state index contributed by atoms with van der Waals surface area (Å²) >= 11 is 3.34. The molecule has 0 aromatic heterocycles. The minimum Gasteiger partial charge on any atom is -0.493 e. The van der Waals surface area contributed by atoms with E-state index in [9.17, 15) is 10.1 Å². The Kier molecular flexibility index (Phi) is 3.06. The fraction of sp³-hybridized carbons (Fsp3) is 0.273. The van der Waals surface area contributed by atoms with Crippen molar-refractivity contribution in [3.63, 3.8) is 0 Å². The summed E-state index contributed by atoms with van der Waals surface area (Å²) < 4.78 is 11.4. The summed E-state index contributed by atoms with van der Waals surface area (Å²) in [6, 6.07) is 3.52. The van der Waals surface area contributed by atoms with Crippen LogP contribution >= 0.6 is 15.9 Å². The molecule has 90 valence electrons. The predicted octanol–water partition coefficient (Wildman–Crippen LogP) is 2.86. The van der Waals surface area contributed by atoms with E-state index in [4.69, 9.17) is 9.47 Å². The minimum atomic E-state index is -0.597. The summed E-state index contributed by atoms with van der Waals surface area (Å²) in [7, 11) is 1.53. The zero-order chi connectivity index (χ0) is 12.6. The van der Waals surface area contributed by atoms with E-state index in [-0.39, 0.29) is 5.70 Å².